The molecule has 0 saturated heterocycles. The number of carbonyl (C=O) groups excluding carboxylic acids is 3. The maximum Gasteiger partial charge on any atom is 0.345 e. The Morgan fingerprint density at radius 1 is 0.429 bits per heavy atom. The summed E-state index contributed by atoms with van der Waals surface area (Å²) in [4.78, 5) is 39.9. The van der Waals surface area contributed by atoms with Crippen molar-refractivity contribution in [1.82, 2.24) is 0 Å². The van der Waals surface area contributed by atoms with E-state index in [1.165, 1.54) is 36.4 Å². The average molecular weight is 582 g/mol. The number of esters is 3. The van der Waals surface area contributed by atoms with Gasteiger partial charge in [0.2, 0.25) is 0 Å². The molecule has 0 heterocycles. The van der Waals surface area contributed by atoms with Crippen molar-refractivity contribution in [3.8, 4) is 34.5 Å². The third kappa shape index (κ3) is 6.28. The first-order valence-corrected chi connectivity index (χ1v) is 12.0. The molecule has 0 aliphatic carbocycles. The number of halogens is 3. The lowest BCUT2D eigenvalue weighted by Crippen LogP contribution is -2.18. The molecule has 4 rings (SSSR count). The smallest absolute Gasteiger partial charge is 0.345 e. The van der Waals surface area contributed by atoms with Crippen molar-refractivity contribution >= 4 is 17.9 Å². The number of ether oxygens (including phenoxy) is 6. The zero-order valence-electron chi connectivity index (χ0n) is 22.2. The van der Waals surface area contributed by atoms with Crippen molar-refractivity contribution in [2.75, 3.05) is 21.3 Å². The van der Waals surface area contributed by atoms with E-state index in [0.717, 1.165) is 57.7 Å². The lowest BCUT2D eigenvalue weighted by atomic mass is 9.99. The number of carbonyl (C=O) groups is 3. The van der Waals surface area contributed by atoms with Crippen molar-refractivity contribution in [3.63, 3.8) is 0 Å². The summed E-state index contributed by atoms with van der Waals surface area (Å²) < 4.78 is 73.5. The van der Waals surface area contributed by atoms with E-state index in [-0.39, 0.29) is 17.2 Å². The number of methoxy groups -OCH3 is 3. The van der Waals surface area contributed by atoms with Gasteiger partial charge in [0.1, 0.15) is 51.4 Å². The Balaban J connectivity index is 2.15. The molecule has 0 saturated carbocycles. The molecule has 0 radical (unpaired) electrons. The van der Waals surface area contributed by atoms with Crippen LogP contribution in [0.2, 0.25) is 0 Å². The lowest BCUT2D eigenvalue weighted by Gasteiger charge is -2.23. The number of rotatable bonds is 9. The van der Waals surface area contributed by atoms with E-state index in [9.17, 15) is 27.6 Å². The molecule has 9 nitrogen and oxygen atoms in total. The minimum absolute atomic E-state index is 0.0574. The van der Waals surface area contributed by atoms with Crippen LogP contribution in [0.1, 0.15) is 31.1 Å². The maximum absolute atomic E-state index is 13.7. The Kier molecular flexibility index (Phi) is 8.96. The molecule has 216 valence electrons. The van der Waals surface area contributed by atoms with E-state index < -0.39 is 69.3 Å². The molecule has 0 N–H and O–H groups in total. The molecule has 0 aliphatic heterocycles. The van der Waals surface area contributed by atoms with E-state index in [1.807, 2.05) is 0 Å². The van der Waals surface area contributed by atoms with Gasteiger partial charge in [0, 0.05) is 0 Å². The Labute approximate surface area is 236 Å². The van der Waals surface area contributed by atoms with Crippen molar-refractivity contribution in [2.24, 2.45) is 0 Å². The van der Waals surface area contributed by atoms with Crippen LogP contribution in [0, 0.1) is 17.5 Å². The zero-order valence-corrected chi connectivity index (χ0v) is 22.2. The van der Waals surface area contributed by atoms with Gasteiger partial charge >= 0.3 is 17.9 Å². The van der Waals surface area contributed by atoms with Gasteiger partial charge in [-0.1, -0.05) is 0 Å². The predicted octanol–water partition coefficient (Wildman–Crippen LogP) is 6.84. The highest BCUT2D eigenvalue weighted by molar-refractivity contribution is 6.11. The van der Waals surface area contributed by atoms with Gasteiger partial charge in [-0.3, -0.25) is 0 Å². The highest BCUT2D eigenvalue weighted by atomic mass is 19.1. The molecule has 0 aromatic heterocycles. The van der Waals surface area contributed by atoms with Gasteiger partial charge in [0.25, 0.3) is 0 Å². The summed E-state index contributed by atoms with van der Waals surface area (Å²) in [5.41, 5.74) is -1.80. The van der Waals surface area contributed by atoms with E-state index in [4.69, 9.17) is 28.4 Å². The van der Waals surface area contributed by atoms with Crippen LogP contribution in [-0.2, 0) is 14.2 Å². The Morgan fingerprint density at radius 3 is 0.833 bits per heavy atom. The van der Waals surface area contributed by atoms with Crippen molar-refractivity contribution in [3.05, 3.63) is 107 Å². The van der Waals surface area contributed by atoms with E-state index in [0.29, 0.717) is 0 Å². The Morgan fingerprint density at radius 2 is 0.643 bits per heavy atom. The van der Waals surface area contributed by atoms with Gasteiger partial charge < -0.3 is 28.4 Å². The summed E-state index contributed by atoms with van der Waals surface area (Å²) in [5, 5.41) is 0. The highest BCUT2D eigenvalue weighted by Gasteiger charge is 2.39. The fourth-order valence-electron chi connectivity index (χ4n) is 3.71. The molecule has 0 unspecified atom stereocenters. The monoisotopic (exact) mass is 582 g/mol. The van der Waals surface area contributed by atoms with Crippen LogP contribution in [0.3, 0.4) is 0 Å². The number of hydrogen-bond acceptors (Lipinski definition) is 9. The first-order valence-electron chi connectivity index (χ1n) is 12.0. The molecular weight excluding hydrogens is 561 g/mol. The molecule has 4 aromatic rings. The van der Waals surface area contributed by atoms with Crippen molar-refractivity contribution < 1.29 is 56.0 Å². The van der Waals surface area contributed by atoms with Crippen LogP contribution >= 0.6 is 0 Å². The summed E-state index contributed by atoms with van der Waals surface area (Å²) in [6.45, 7) is 0. The summed E-state index contributed by atoms with van der Waals surface area (Å²) in [6.07, 6.45) is 0. The van der Waals surface area contributed by atoms with E-state index in [2.05, 4.69) is 0 Å². The van der Waals surface area contributed by atoms with Gasteiger partial charge in [-0.15, -0.1) is 0 Å². The van der Waals surface area contributed by atoms with Gasteiger partial charge in [-0.05, 0) is 72.8 Å². The van der Waals surface area contributed by atoms with E-state index >= 15 is 0 Å². The third-order valence-corrected chi connectivity index (χ3v) is 5.63. The zero-order chi connectivity index (χ0) is 30.4. The standard InChI is InChI=1S/C30H21F3O9/c1-37-28(34)22-25(40-19-10-4-16(31)5-11-19)23(29(35)38-2)27(42-21-14-8-18(33)9-15-21)24(30(36)39-3)26(22)41-20-12-6-17(32)7-13-20/h4-15H,1-3H3. The van der Waals surface area contributed by atoms with Gasteiger partial charge in [-0.25, -0.2) is 27.6 Å². The second-order valence-electron chi connectivity index (χ2n) is 8.26. The highest BCUT2D eigenvalue weighted by Crippen LogP contribution is 2.49. The second-order valence-corrected chi connectivity index (χ2v) is 8.26. The van der Waals surface area contributed by atoms with Crippen LogP contribution < -0.4 is 14.2 Å². The predicted molar refractivity (Wildman–Crippen MR) is 140 cm³/mol. The summed E-state index contributed by atoms with van der Waals surface area (Å²) in [5.74, 6) is -7.13. The maximum atomic E-state index is 13.7. The number of benzene rings is 4. The molecule has 0 atom stereocenters. The molecule has 12 heteroatoms. The molecule has 0 bridgehead atoms. The average Bonchev–Trinajstić information content (AvgIpc) is 2.99. The second kappa shape index (κ2) is 12.8. The van der Waals surface area contributed by atoms with Crippen molar-refractivity contribution in [1.29, 1.82) is 0 Å². The first kappa shape index (κ1) is 29.5. The Hall–Kier alpha value is -5.52. The molecule has 4 aromatic carbocycles. The van der Waals surface area contributed by atoms with E-state index in [1.54, 1.807) is 0 Å². The summed E-state index contributed by atoms with van der Waals surface area (Å²) in [7, 11) is 3.05. The fraction of sp³-hybridized carbons (Fsp3) is 0.100. The normalized spacial score (nSPS) is 10.4. The molecular formula is C30H21F3O9. The fourth-order valence-corrected chi connectivity index (χ4v) is 3.71. The molecule has 42 heavy (non-hydrogen) atoms. The summed E-state index contributed by atoms with van der Waals surface area (Å²) in [6, 6.07) is 13.5. The SMILES string of the molecule is COC(=O)c1c(Oc2ccc(F)cc2)c(C(=O)OC)c(Oc2ccc(F)cc2)c(C(=O)OC)c1Oc1ccc(F)cc1. The van der Waals surface area contributed by atoms with Crippen LogP contribution in [0.4, 0.5) is 13.2 Å². The third-order valence-electron chi connectivity index (χ3n) is 5.63. The molecule has 0 aliphatic rings. The van der Waals surface area contributed by atoms with Gasteiger partial charge in [0.15, 0.2) is 17.2 Å². The number of hydrogen-bond donors (Lipinski definition) is 0. The van der Waals surface area contributed by atoms with Crippen molar-refractivity contribution in [2.45, 2.75) is 0 Å². The minimum atomic E-state index is -1.15. The molecule has 0 spiro atoms. The molecule has 0 fully saturated rings. The lowest BCUT2D eigenvalue weighted by molar-refractivity contribution is 0.0584. The topological polar surface area (TPSA) is 107 Å². The van der Waals surface area contributed by atoms with Crippen LogP contribution in [0.5, 0.6) is 34.5 Å². The quantitative estimate of drug-likeness (QED) is 0.155. The Bertz CT molecular complexity index is 1400. The minimum Gasteiger partial charge on any atom is -0.465 e. The summed E-state index contributed by atoms with van der Waals surface area (Å²) >= 11 is 0. The van der Waals surface area contributed by atoms with Crippen LogP contribution in [0.25, 0.3) is 0 Å². The van der Waals surface area contributed by atoms with Crippen LogP contribution in [-0.4, -0.2) is 39.2 Å². The first-order chi connectivity index (χ1) is 20.2. The van der Waals surface area contributed by atoms with Crippen LogP contribution in [0.15, 0.2) is 72.8 Å². The van der Waals surface area contributed by atoms with Gasteiger partial charge in [-0.2, -0.15) is 0 Å². The molecule has 0 amide bonds. The van der Waals surface area contributed by atoms with Gasteiger partial charge in [0.05, 0.1) is 21.3 Å². The largest absolute Gasteiger partial charge is 0.465 e.